The van der Waals surface area contributed by atoms with Crippen LogP contribution in [-0.4, -0.2) is 84.2 Å². The average molecular weight is 818 g/mol. The van der Waals surface area contributed by atoms with Crippen molar-refractivity contribution in [2.24, 2.45) is 10.3 Å². The summed E-state index contributed by atoms with van der Waals surface area (Å²) in [6, 6.07) is 0. The van der Waals surface area contributed by atoms with Gasteiger partial charge in [0.2, 0.25) is 0 Å². The molecule has 12 nitrogen and oxygen atoms in total. The van der Waals surface area contributed by atoms with Crippen molar-refractivity contribution in [1.29, 1.82) is 0 Å². The Morgan fingerprint density at radius 2 is 1.23 bits per heavy atom. The Kier molecular flexibility index (Phi) is 9.87. The first-order valence-corrected chi connectivity index (χ1v) is 15.2. The summed E-state index contributed by atoms with van der Waals surface area (Å²) >= 11 is 13.4. The maximum atomic E-state index is 12.6. The second kappa shape index (κ2) is 12.7. The van der Waals surface area contributed by atoms with Crippen molar-refractivity contribution in [3.63, 3.8) is 0 Å². The molecule has 218 valence electrons. The van der Waals surface area contributed by atoms with Crippen LogP contribution in [0.5, 0.6) is 0 Å². The normalized spacial score (nSPS) is 29.4. The average Bonchev–Trinajstić information content (AvgIpc) is 3.54. The number of halogens is 4. The van der Waals surface area contributed by atoms with E-state index in [0.717, 1.165) is 0 Å². The number of carbonyl (C=O) groups is 2. The van der Waals surface area contributed by atoms with Gasteiger partial charge in [-0.25, -0.2) is 0 Å². The molecule has 16 heteroatoms. The Morgan fingerprint density at radius 3 is 1.57 bits per heavy atom. The number of amides is 2. The number of ether oxygens (including phenoxy) is 2. The monoisotopic (exact) mass is 814 g/mol. The highest BCUT2D eigenvalue weighted by Gasteiger charge is 2.51. The van der Waals surface area contributed by atoms with Crippen LogP contribution in [0.4, 0.5) is 0 Å². The molecule has 2 amide bonds. The van der Waals surface area contributed by atoms with Crippen LogP contribution in [0.3, 0.4) is 0 Å². The number of aliphatic hydroxyl groups excluding tert-OH is 2. The van der Waals surface area contributed by atoms with Crippen LogP contribution in [0.2, 0.25) is 0 Å². The second-order valence-electron chi connectivity index (χ2n) is 9.29. The largest absolute Gasteiger partial charge is 0.495 e. The summed E-state index contributed by atoms with van der Waals surface area (Å²) in [5.74, 6) is 0.0579. The number of nitrogens with one attached hydrogen (secondary N) is 2. The standard InChI is InChI=1S/C24H26Br4N4O8/c1-37-17-11(25)7-23(19(33)15(17)27)9-13(31-39-23)21(35)29-5-3-4-6-30-22(36)14-10-24(40-32-14)8-12(26)18(38-2)16(28)20(24)34/h7-8,19-20,33-34H,3-6,9-10H2,1-2H3,(H,29,35)(H,30,36). The maximum Gasteiger partial charge on any atom is 0.269 e. The molecule has 0 saturated carbocycles. The minimum absolute atomic E-state index is 0.0720. The van der Waals surface area contributed by atoms with Gasteiger partial charge in [-0.2, -0.15) is 0 Å². The zero-order valence-corrected chi connectivity index (χ0v) is 27.6. The minimum Gasteiger partial charge on any atom is -0.495 e. The van der Waals surface area contributed by atoms with E-state index in [9.17, 15) is 19.8 Å². The number of carbonyl (C=O) groups excluding carboxylic acids is 2. The van der Waals surface area contributed by atoms with E-state index < -0.39 is 35.2 Å². The molecule has 40 heavy (non-hydrogen) atoms. The molecule has 4 atom stereocenters. The van der Waals surface area contributed by atoms with Gasteiger partial charge < -0.3 is 40.0 Å². The lowest BCUT2D eigenvalue weighted by molar-refractivity contribution is -0.115. The van der Waals surface area contributed by atoms with E-state index in [1.165, 1.54) is 14.2 Å². The van der Waals surface area contributed by atoms with Crippen LogP contribution >= 0.6 is 63.7 Å². The third-order valence-electron chi connectivity index (χ3n) is 6.66. The highest BCUT2D eigenvalue weighted by molar-refractivity contribution is 9.12. The van der Waals surface area contributed by atoms with E-state index in [1.807, 2.05) is 0 Å². The molecule has 0 saturated heterocycles. The summed E-state index contributed by atoms with van der Waals surface area (Å²) < 4.78 is 12.4. The molecule has 0 radical (unpaired) electrons. The number of unbranched alkanes of at least 4 members (excludes halogenated alkanes) is 1. The van der Waals surface area contributed by atoms with E-state index in [2.05, 4.69) is 84.7 Å². The third-order valence-corrected chi connectivity index (χ3v) is 9.43. The molecule has 4 rings (SSSR count). The summed E-state index contributed by atoms with van der Waals surface area (Å²) in [4.78, 5) is 36.2. The van der Waals surface area contributed by atoms with Gasteiger partial charge in [0.05, 0.1) is 32.1 Å². The molecule has 0 aromatic carbocycles. The fourth-order valence-corrected chi connectivity index (χ4v) is 8.08. The molecule has 2 spiro atoms. The quantitative estimate of drug-likeness (QED) is 0.259. The summed E-state index contributed by atoms with van der Waals surface area (Å²) in [5.41, 5.74) is -2.13. The van der Waals surface area contributed by atoms with Crippen LogP contribution < -0.4 is 10.6 Å². The Bertz CT molecular complexity index is 1180. The number of nitrogens with zero attached hydrogens (tertiary/aromatic N) is 2. The first-order chi connectivity index (χ1) is 19.0. The van der Waals surface area contributed by atoms with Gasteiger partial charge in [-0.1, -0.05) is 10.3 Å². The predicted molar refractivity (Wildman–Crippen MR) is 159 cm³/mol. The molecule has 0 bridgehead atoms. The Hall–Kier alpha value is -1.72. The van der Waals surface area contributed by atoms with Gasteiger partial charge in [0.25, 0.3) is 11.8 Å². The SMILES string of the molecule is COC1=C(Br)C(O)C2(C=C1Br)CC(C(=O)NCCCCNC(=O)C1=NOC3(C=C(Br)C(OC)=C(Br)C3O)C1)=NO2. The topological polar surface area (TPSA) is 160 Å². The first-order valence-electron chi connectivity index (χ1n) is 12.1. The van der Waals surface area contributed by atoms with Crippen LogP contribution in [0.25, 0.3) is 0 Å². The Labute approximate surface area is 263 Å². The van der Waals surface area contributed by atoms with Crippen molar-refractivity contribution in [2.75, 3.05) is 27.3 Å². The van der Waals surface area contributed by atoms with Crippen LogP contribution in [0.15, 0.2) is 51.9 Å². The lowest BCUT2D eigenvalue weighted by Crippen LogP contribution is -2.45. The number of allylic oxidation sites excluding steroid dienone is 2. The van der Waals surface area contributed by atoms with E-state index in [4.69, 9.17) is 19.1 Å². The van der Waals surface area contributed by atoms with Crippen molar-refractivity contribution in [3.05, 3.63) is 41.6 Å². The summed E-state index contributed by atoms with van der Waals surface area (Å²) in [6.45, 7) is 0.696. The van der Waals surface area contributed by atoms with E-state index in [-0.39, 0.29) is 24.3 Å². The smallest absolute Gasteiger partial charge is 0.269 e. The predicted octanol–water partition coefficient (Wildman–Crippen LogP) is 2.84. The first kappa shape index (κ1) is 31.2. The van der Waals surface area contributed by atoms with Gasteiger partial charge in [-0.05, 0) is 88.7 Å². The van der Waals surface area contributed by atoms with E-state index in [0.29, 0.717) is 55.4 Å². The molecule has 4 unspecified atom stereocenters. The van der Waals surface area contributed by atoms with Crippen LogP contribution in [0, 0.1) is 0 Å². The number of oxime groups is 2. The van der Waals surface area contributed by atoms with Gasteiger partial charge in [0.15, 0.2) is 11.2 Å². The molecule has 2 aliphatic carbocycles. The molecule has 0 aromatic heterocycles. The minimum atomic E-state index is -1.22. The highest BCUT2D eigenvalue weighted by atomic mass is 79.9. The third kappa shape index (κ3) is 5.93. The number of methoxy groups -OCH3 is 2. The lowest BCUT2D eigenvalue weighted by atomic mass is 9.87. The lowest BCUT2D eigenvalue weighted by Gasteiger charge is -2.33. The Balaban J connectivity index is 1.17. The van der Waals surface area contributed by atoms with Gasteiger partial charge in [-0.3, -0.25) is 9.59 Å². The molecular formula is C24H26Br4N4O8. The van der Waals surface area contributed by atoms with Crippen molar-refractivity contribution in [3.8, 4) is 0 Å². The number of aliphatic hydroxyl groups is 2. The van der Waals surface area contributed by atoms with Crippen molar-refractivity contribution in [1.82, 2.24) is 10.6 Å². The summed E-state index contributed by atoms with van der Waals surface area (Å²) in [7, 11) is 2.96. The molecule has 2 heterocycles. The summed E-state index contributed by atoms with van der Waals surface area (Å²) in [6.07, 6.45) is 2.37. The van der Waals surface area contributed by atoms with Crippen molar-refractivity contribution >= 4 is 87.0 Å². The Morgan fingerprint density at radius 1 is 0.850 bits per heavy atom. The number of rotatable bonds is 9. The molecule has 2 aliphatic heterocycles. The zero-order valence-electron chi connectivity index (χ0n) is 21.3. The van der Waals surface area contributed by atoms with Gasteiger partial charge in [-0.15, -0.1) is 0 Å². The fraction of sp³-hybridized carbons (Fsp3) is 0.500. The van der Waals surface area contributed by atoms with Gasteiger partial charge >= 0.3 is 0 Å². The zero-order chi connectivity index (χ0) is 29.2. The molecule has 4 aliphatic rings. The van der Waals surface area contributed by atoms with Gasteiger partial charge in [0.1, 0.15) is 35.1 Å². The second-order valence-corrected chi connectivity index (χ2v) is 12.7. The van der Waals surface area contributed by atoms with Crippen LogP contribution in [-0.2, 0) is 28.7 Å². The molecular weight excluding hydrogens is 792 g/mol. The fourth-order valence-electron chi connectivity index (χ4n) is 4.50. The number of hydrogen-bond donors (Lipinski definition) is 4. The maximum absolute atomic E-state index is 12.6. The van der Waals surface area contributed by atoms with E-state index >= 15 is 0 Å². The van der Waals surface area contributed by atoms with Gasteiger partial charge in [0, 0.05) is 25.9 Å². The molecule has 0 fully saturated rings. The highest BCUT2D eigenvalue weighted by Crippen LogP contribution is 2.45. The number of hydrogen-bond acceptors (Lipinski definition) is 10. The molecule has 4 N–H and O–H groups in total. The van der Waals surface area contributed by atoms with Crippen molar-refractivity contribution < 1.29 is 39.0 Å². The van der Waals surface area contributed by atoms with Crippen molar-refractivity contribution in [2.45, 2.75) is 49.1 Å². The van der Waals surface area contributed by atoms with Crippen LogP contribution in [0.1, 0.15) is 25.7 Å². The van der Waals surface area contributed by atoms with E-state index in [1.54, 1.807) is 12.2 Å². The molecule has 0 aromatic rings. The summed E-state index contributed by atoms with van der Waals surface area (Å²) in [5, 5.41) is 34.8.